The van der Waals surface area contributed by atoms with Gasteiger partial charge in [-0.05, 0) is 19.1 Å². The largest absolute Gasteiger partial charge is 0.351 e. The molecule has 0 unspecified atom stereocenters. The number of nitrogens with zero attached hydrogens (tertiary/aromatic N) is 1. The van der Waals surface area contributed by atoms with Crippen molar-refractivity contribution in [1.29, 1.82) is 0 Å². The smallest absolute Gasteiger partial charge is 0.251 e. The van der Waals surface area contributed by atoms with Crippen LogP contribution in [0.2, 0.25) is 0 Å². The molecule has 0 aliphatic rings. The van der Waals surface area contributed by atoms with Gasteiger partial charge < -0.3 is 5.32 Å². The normalized spacial score (nSPS) is 11.3. The van der Waals surface area contributed by atoms with Crippen molar-refractivity contribution in [1.82, 2.24) is 9.62 Å². The van der Waals surface area contributed by atoms with Gasteiger partial charge in [-0.1, -0.05) is 23.8 Å². The van der Waals surface area contributed by atoms with E-state index in [9.17, 15) is 13.2 Å². The quantitative estimate of drug-likeness (QED) is 0.768. The van der Waals surface area contributed by atoms with Crippen molar-refractivity contribution in [2.75, 3.05) is 25.9 Å². The first-order valence-corrected chi connectivity index (χ1v) is 8.10. The van der Waals surface area contributed by atoms with Crippen LogP contribution in [-0.4, -0.2) is 44.5 Å². The molecule has 0 saturated carbocycles. The second kappa shape index (κ2) is 7.21. The SMILES string of the molecule is C=CCN(CCNC(=O)c1ccc(C)cc1)S(C)(=O)=O. The minimum absolute atomic E-state index is 0.211. The number of nitrogens with one attached hydrogen (secondary N) is 1. The Balaban J connectivity index is 2.52. The predicted octanol–water partition coefficient (Wildman–Crippen LogP) is 1.17. The lowest BCUT2D eigenvalue weighted by molar-refractivity contribution is 0.0952. The van der Waals surface area contributed by atoms with Gasteiger partial charge in [0.25, 0.3) is 5.91 Å². The zero-order chi connectivity index (χ0) is 15.2. The van der Waals surface area contributed by atoms with Crippen molar-refractivity contribution in [2.24, 2.45) is 0 Å². The number of carbonyl (C=O) groups is 1. The van der Waals surface area contributed by atoms with Crippen LogP contribution in [-0.2, 0) is 10.0 Å². The summed E-state index contributed by atoms with van der Waals surface area (Å²) >= 11 is 0. The molecular formula is C14H20N2O3S. The van der Waals surface area contributed by atoms with Crippen LogP contribution < -0.4 is 5.32 Å². The maximum Gasteiger partial charge on any atom is 0.251 e. The van der Waals surface area contributed by atoms with Crippen molar-refractivity contribution in [2.45, 2.75) is 6.92 Å². The molecule has 0 aromatic heterocycles. The minimum Gasteiger partial charge on any atom is -0.351 e. The molecule has 0 atom stereocenters. The summed E-state index contributed by atoms with van der Waals surface area (Å²) in [6.45, 7) is 6.18. The second-order valence-electron chi connectivity index (χ2n) is 4.53. The van der Waals surface area contributed by atoms with E-state index in [1.165, 1.54) is 10.4 Å². The standard InChI is InChI=1S/C14H20N2O3S/c1-4-10-16(20(3,18)19)11-9-15-14(17)13-7-5-12(2)6-8-13/h4-8H,1,9-11H2,2-3H3,(H,15,17). The Bertz CT molecular complexity index is 565. The number of carbonyl (C=O) groups excluding carboxylic acids is 1. The molecular weight excluding hydrogens is 276 g/mol. The highest BCUT2D eigenvalue weighted by Crippen LogP contribution is 2.03. The number of benzene rings is 1. The number of amides is 1. The van der Waals surface area contributed by atoms with Crippen LogP contribution in [0.15, 0.2) is 36.9 Å². The van der Waals surface area contributed by atoms with Crippen molar-refractivity contribution in [3.8, 4) is 0 Å². The zero-order valence-electron chi connectivity index (χ0n) is 11.8. The van der Waals surface area contributed by atoms with Gasteiger partial charge >= 0.3 is 0 Å². The average Bonchev–Trinajstić information content (AvgIpc) is 2.37. The molecule has 0 radical (unpaired) electrons. The van der Waals surface area contributed by atoms with E-state index in [2.05, 4.69) is 11.9 Å². The topological polar surface area (TPSA) is 66.5 Å². The molecule has 0 bridgehead atoms. The summed E-state index contributed by atoms with van der Waals surface area (Å²) < 4.78 is 24.2. The zero-order valence-corrected chi connectivity index (χ0v) is 12.6. The molecule has 6 heteroatoms. The molecule has 1 N–H and O–H groups in total. The van der Waals surface area contributed by atoms with Gasteiger partial charge in [-0.15, -0.1) is 6.58 Å². The average molecular weight is 296 g/mol. The van der Waals surface area contributed by atoms with Crippen molar-refractivity contribution in [3.63, 3.8) is 0 Å². The highest BCUT2D eigenvalue weighted by atomic mass is 32.2. The van der Waals surface area contributed by atoms with Gasteiger partial charge in [0, 0.05) is 25.2 Å². The van der Waals surface area contributed by atoms with Gasteiger partial charge in [0.15, 0.2) is 0 Å². The Kier molecular flexibility index (Phi) is 5.91. The monoisotopic (exact) mass is 296 g/mol. The van der Waals surface area contributed by atoms with Crippen LogP contribution in [0.25, 0.3) is 0 Å². The van der Waals surface area contributed by atoms with E-state index < -0.39 is 10.0 Å². The first kappa shape index (κ1) is 16.4. The van der Waals surface area contributed by atoms with E-state index in [0.717, 1.165) is 11.8 Å². The summed E-state index contributed by atoms with van der Waals surface area (Å²) in [6.07, 6.45) is 2.65. The van der Waals surface area contributed by atoms with Gasteiger partial charge in [0.2, 0.25) is 10.0 Å². The lowest BCUT2D eigenvalue weighted by atomic mass is 10.1. The van der Waals surface area contributed by atoms with E-state index in [4.69, 9.17) is 0 Å². The molecule has 0 heterocycles. The molecule has 110 valence electrons. The summed E-state index contributed by atoms with van der Waals surface area (Å²) in [7, 11) is -3.28. The molecule has 0 spiro atoms. The van der Waals surface area contributed by atoms with Gasteiger partial charge in [0.1, 0.15) is 0 Å². The van der Waals surface area contributed by atoms with Crippen molar-refractivity contribution >= 4 is 15.9 Å². The van der Waals surface area contributed by atoms with E-state index in [-0.39, 0.29) is 25.5 Å². The predicted molar refractivity (Wildman–Crippen MR) is 80.1 cm³/mol. The fourth-order valence-corrected chi connectivity index (χ4v) is 2.44. The Hall–Kier alpha value is -1.66. The van der Waals surface area contributed by atoms with Crippen LogP contribution in [0.5, 0.6) is 0 Å². The summed E-state index contributed by atoms with van der Waals surface area (Å²) in [5.41, 5.74) is 1.64. The molecule has 0 saturated heterocycles. The minimum atomic E-state index is -3.28. The number of hydrogen-bond donors (Lipinski definition) is 1. The number of sulfonamides is 1. The summed E-state index contributed by atoms with van der Waals surface area (Å²) in [5.74, 6) is -0.211. The van der Waals surface area contributed by atoms with Gasteiger partial charge in [-0.3, -0.25) is 4.79 Å². The number of aryl methyl sites for hydroxylation is 1. The first-order chi connectivity index (χ1) is 9.34. The van der Waals surface area contributed by atoms with Crippen LogP contribution >= 0.6 is 0 Å². The van der Waals surface area contributed by atoms with E-state index in [1.807, 2.05) is 19.1 Å². The molecule has 1 rings (SSSR count). The maximum atomic E-state index is 11.8. The van der Waals surface area contributed by atoms with Crippen LogP contribution in [0.3, 0.4) is 0 Å². The molecule has 1 aromatic carbocycles. The Morgan fingerprint density at radius 1 is 1.35 bits per heavy atom. The molecule has 1 aromatic rings. The highest BCUT2D eigenvalue weighted by Gasteiger charge is 2.14. The van der Waals surface area contributed by atoms with Crippen LogP contribution in [0.4, 0.5) is 0 Å². The molecule has 1 amide bonds. The van der Waals surface area contributed by atoms with E-state index in [1.54, 1.807) is 12.1 Å². The lowest BCUT2D eigenvalue weighted by Crippen LogP contribution is -2.38. The molecule has 0 aliphatic carbocycles. The fourth-order valence-electron chi connectivity index (χ4n) is 1.64. The van der Waals surface area contributed by atoms with Crippen molar-refractivity contribution in [3.05, 3.63) is 48.0 Å². The number of rotatable bonds is 7. The third-order valence-corrected chi connectivity index (χ3v) is 4.03. The first-order valence-electron chi connectivity index (χ1n) is 6.25. The molecule has 0 aliphatic heterocycles. The van der Waals surface area contributed by atoms with E-state index >= 15 is 0 Å². The van der Waals surface area contributed by atoms with Gasteiger partial charge in [-0.25, -0.2) is 8.42 Å². The molecule has 20 heavy (non-hydrogen) atoms. The van der Waals surface area contributed by atoms with Gasteiger partial charge in [-0.2, -0.15) is 4.31 Å². The van der Waals surface area contributed by atoms with Crippen LogP contribution in [0, 0.1) is 6.92 Å². The Morgan fingerprint density at radius 2 is 1.95 bits per heavy atom. The van der Waals surface area contributed by atoms with E-state index in [0.29, 0.717) is 5.56 Å². The summed E-state index contributed by atoms with van der Waals surface area (Å²) in [6, 6.07) is 7.19. The second-order valence-corrected chi connectivity index (χ2v) is 6.51. The summed E-state index contributed by atoms with van der Waals surface area (Å²) in [4.78, 5) is 11.8. The third kappa shape index (κ3) is 5.14. The Labute approximate surface area is 120 Å². The molecule has 0 fully saturated rings. The maximum absolute atomic E-state index is 11.8. The lowest BCUT2D eigenvalue weighted by Gasteiger charge is -2.18. The molecule has 5 nitrogen and oxygen atoms in total. The van der Waals surface area contributed by atoms with Crippen LogP contribution in [0.1, 0.15) is 15.9 Å². The highest BCUT2D eigenvalue weighted by molar-refractivity contribution is 7.88. The fraction of sp³-hybridized carbons (Fsp3) is 0.357. The third-order valence-electron chi connectivity index (χ3n) is 2.76. The summed E-state index contributed by atoms with van der Waals surface area (Å²) in [5, 5.41) is 2.70. The number of hydrogen-bond acceptors (Lipinski definition) is 3. The Morgan fingerprint density at radius 3 is 2.45 bits per heavy atom. The van der Waals surface area contributed by atoms with Gasteiger partial charge in [0.05, 0.1) is 6.26 Å². The van der Waals surface area contributed by atoms with Crippen molar-refractivity contribution < 1.29 is 13.2 Å².